The molecule has 1 N–H and O–H groups in total. The molecule has 1 aromatic heterocycles. The lowest BCUT2D eigenvalue weighted by Gasteiger charge is -2.39. The molecular weight excluding hydrogens is 257 g/mol. The zero-order valence-corrected chi connectivity index (χ0v) is 11.0. The maximum Gasteiger partial charge on any atom is 0.435 e. The number of piperidine rings is 1. The Balaban J connectivity index is 2.04. The molecule has 4 nitrogen and oxygen atoms in total. The van der Waals surface area contributed by atoms with Gasteiger partial charge >= 0.3 is 6.18 Å². The lowest BCUT2D eigenvalue weighted by molar-refractivity contribution is -0.141. The molecule has 0 bridgehead atoms. The van der Waals surface area contributed by atoms with E-state index < -0.39 is 11.9 Å². The van der Waals surface area contributed by atoms with E-state index in [-0.39, 0.29) is 5.54 Å². The van der Waals surface area contributed by atoms with E-state index in [0.29, 0.717) is 5.82 Å². The van der Waals surface area contributed by atoms with Gasteiger partial charge in [0.25, 0.3) is 0 Å². The van der Waals surface area contributed by atoms with E-state index in [0.717, 1.165) is 32.0 Å². The standard InChI is InChI=1S/C12H17F3N4/c1-11(16-2)5-7-19(8-6-11)10-4-3-9(17-18-10)12(13,14)15/h3-4,16H,5-8H2,1-2H3. The third kappa shape index (κ3) is 3.15. The van der Waals surface area contributed by atoms with Crippen molar-refractivity contribution in [3.8, 4) is 0 Å². The van der Waals surface area contributed by atoms with E-state index in [4.69, 9.17) is 0 Å². The van der Waals surface area contributed by atoms with Gasteiger partial charge in [0.1, 0.15) is 0 Å². The molecule has 1 saturated heterocycles. The molecule has 2 rings (SSSR count). The number of alkyl halides is 3. The second-order valence-corrected chi connectivity index (χ2v) is 5.07. The lowest BCUT2D eigenvalue weighted by atomic mass is 9.90. The highest BCUT2D eigenvalue weighted by molar-refractivity contribution is 5.38. The van der Waals surface area contributed by atoms with Crippen LogP contribution in [0.5, 0.6) is 0 Å². The highest BCUT2D eigenvalue weighted by Crippen LogP contribution is 2.29. The van der Waals surface area contributed by atoms with Crippen LogP contribution in [0.4, 0.5) is 19.0 Å². The number of nitrogens with one attached hydrogen (secondary N) is 1. The number of aromatic nitrogens is 2. The van der Waals surface area contributed by atoms with Gasteiger partial charge in [0, 0.05) is 18.6 Å². The highest BCUT2D eigenvalue weighted by atomic mass is 19.4. The van der Waals surface area contributed by atoms with Gasteiger partial charge < -0.3 is 10.2 Å². The summed E-state index contributed by atoms with van der Waals surface area (Å²) in [5, 5.41) is 10.2. The van der Waals surface area contributed by atoms with Crippen LogP contribution in [0.2, 0.25) is 0 Å². The summed E-state index contributed by atoms with van der Waals surface area (Å²) in [5.41, 5.74) is -0.858. The van der Waals surface area contributed by atoms with Gasteiger partial charge in [-0.2, -0.15) is 13.2 Å². The van der Waals surface area contributed by atoms with Crippen molar-refractivity contribution in [2.75, 3.05) is 25.0 Å². The summed E-state index contributed by atoms with van der Waals surface area (Å²) >= 11 is 0. The minimum absolute atomic E-state index is 0.0931. The normalized spacial score (nSPS) is 19.5. The monoisotopic (exact) mass is 274 g/mol. The summed E-state index contributed by atoms with van der Waals surface area (Å²) in [5.74, 6) is 0.506. The van der Waals surface area contributed by atoms with Crippen LogP contribution in [0.1, 0.15) is 25.5 Å². The van der Waals surface area contributed by atoms with E-state index in [1.54, 1.807) is 0 Å². The Morgan fingerprint density at radius 1 is 1.21 bits per heavy atom. The van der Waals surface area contributed by atoms with Crippen molar-refractivity contribution in [2.45, 2.75) is 31.5 Å². The molecule has 0 radical (unpaired) electrons. The van der Waals surface area contributed by atoms with Gasteiger partial charge in [-0.1, -0.05) is 0 Å². The zero-order valence-electron chi connectivity index (χ0n) is 11.0. The Morgan fingerprint density at radius 3 is 2.26 bits per heavy atom. The van der Waals surface area contributed by atoms with Gasteiger partial charge in [-0.3, -0.25) is 0 Å². The van der Waals surface area contributed by atoms with E-state index in [1.807, 2.05) is 11.9 Å². The van der Waals surface area contributed by atoms with Crippen LogP contribution in [0.15, 0.2) is 12.1 Å². The van der Waals surface area contributed by atoms with Crippen LogP contribution < -0.4 is 10.2 Å². The number of rotatable bonds is 2. The predicted octanol–water partition coefficient (Wildman–Crippen LogP) is 2.07. The first-order chi connectivity index (χ1) is 8.84. The van der Waals surface area contributed by atoms with Crippen LogP contribution in [-0.4, -0.2) is 35.9 Å². The van der Waals surface area contributed by atoms with Crippen molar-refractivity contribution in [1.29, 1.82) is 0 Å². The van der Waals surface area contributed by atoms with Gasteiger partial charge in [0.2, 0.25) is 0 Å². The smallest absolute Gasteiger partial charge is 0.355 e. The fraction of sp³-hybridized carbons (Fsp3) is 0.667. The Kier molecular flexibility index (Phi) is 3.66. The van der Waals surface area contributed by atoms with Crippen molar-refractivity contribution < 1.29 is 13.2 Å². The highest BCUT2D eigenvalue weighted by Gasteiger charge is 2.33. The maximum absolute atomic E-state index is 12.4. The summed E-state index contributed by atoms with van der Waals surface area (Å²) in [6, 6.07) is 2.37. The molecule has 2 heterocycles. The second-order valence-electron chi connectivity index (χ2n) is 5.07. The average molecular weight is 274 g/mol. The third-order valence-electron chi connectivity index (χ3n) is 3.74. The van der Waals surface area contributed by atoms with Crippen molar-refractivity contribution >= 4 is 5.82 Å². The molecule has 1 aliphatic rings. The average Bonchev–Trinajstić information content (AvgIpc) is 2.39. The molecule has 0 amide bonds. The summed E-state index contributed by atoms with van der Waals surface area (Å²) in [4.78, 5) is 1.96. The van der Waals surface area contributed by atoms with E-state index in [2.05, 4.69) is 22.4 Å². The Hall–Kier alpha value is -1.37. The molecule has 1 aliphatic heterocycles. The fourth-order valence-corrected chi connectivity index (χ4v) is 2.12. The first kappa shape index (κ1) is 14.0. The molecule has 0 saturated carbocycles. The van der Waals surface area contributed by atoms with Crippen molar-refractivity contribution in [3.05, 3.63) is 17.8 Å². The molecule has 0 atom stereocenters. The first-order valence-electron chi connectivity index (χ1n) is 6.19. The molecular formula is C12H17F3N4. The SMILES string of the molecule is CNC1(C)CCN(c2ccc(C(F)(F)F)nn2)CC1. The molecule has 19 heavy (non-hydrogen) atoms. The van der Waals surface area contributed by atoms with Crippen LogP contribution >= 0.6 is 0 Å². The lowest BCUT2D eigenvalue weighted by Crippen LogP contribution is -2.50. The number of halogens is 3. The maximum atomic E-state index is 12.4. The zero-order chi connectivity index (χ0) is 14.1. The van der Waals surface area contributed by atoms with Crippen LogP contribution in [0, 0.1) is 0 Å². The van der Waals surface area contributed by atoms with Gasteiger partial charge in [-0.25, -0.2) is 0 Å². The Labute approximate surface area is 110 Å². The fourth-order valence-electron chi connectivity index (χ4n) is 2.12. The molecule has 7 heteroatoms. The van der Waals surface area contributed by atoms with Gasteiger partial charge in [-0.15, -0.1) is 10.2 Å². The second kappa shape index (κ2) is 4.96. The first-order valence-corrected chi connectivity index (χ1v) is 6.19. The molecule has 1 fully saturated rings. The van der Waals surface area contributed by atoms with Crippen LogP contribution in [0.25, 0.3) is 0 Å². The third-order valence-corrected chi connectivity index (χ3v) is 3.74. The molecule has 0 aromatic carbocycles. The summed E-state index contributed by atoms with van der Waals surface area (Å²) in [6.07, 6.45) is -2.59. The Bertz CT molecular complexity index is 422. The molecule has 106 valence electrons. The summed E-state index contributed by atoms with van der Waals surface area (Å²) < 4.78 is 37.2. The van der Waals surface area contributed by atoms with E-state index in [1.165, 1.54) is 6.07 Å². The van der Waals surface area contributed by atoms with Gasteiger partial charge in [0.15, 0.2) is 11.5 Å². The van der Waals surface area contributed by atoms with Crippen molar-refractivity contribution in [3.63, 3.8) is 0 Å². The summed E-state index contributed by atoms with van der Waals surface area (Å²) in [7, 11) is 1.92. The van der Waals surface area contributed by atoms with Gasteiger partial charge in [0.05, 0.1) is 0 Å². The molecule has 0 spiro atoms. The van der Waals surface area contributed by atoms with Crippen LogP contribution in [-0.2, 0) is 6.18 Å². The molecule has 0 aliphatic carbocycles. The summed E-state index contributed by atoms with van der Waals surface area (Å²) in [6.45, 7) is 3.66. The van der Waals surface area contributed by atoms with Crippen molar-refractivity contribution in [2.24, 2.45) is 0 Å². The Morgan fingerprint density at radius 2 is 1.84 bits per heavy atom. The largest absolute Gasteiger partial charge is 0.435 e. The topological polar surface area (TPSA) is 41.0 Å². The minimum Gasteiger partial charge on any atom is -0.355 e. The van der Waals surface area contributed by atoms with E-state index >= 15 is 0 Å². The molecule has 1 aromatic rings. The van der Waals surface area contributed by atoms with Gasteiger partial charge in [-0.05, 0) is 38.9 Å². The van der Waals surface area contributed by atoms with Crippen molar-refractivity contribution in [1.82, 2.24) is 15.5 Å². The van der Waals surface area contributed by atoms with Crippen LogP contribution in [0.3, 0.4) is 0 Å². The number of hydrogen-bond acceptors (Lipinski definition) is 4. The molecule has 0 unspecified atom stereocenters. The minimum atomic E-state index is -4.43. The predicted molar refractivity (Wildman–Crippen MR) is 65.9 cm³/mol. The number of nitrogens with zero attached hydrogens (tertiary/aromatic N) is 3. The van der Waals surface area contributed by atoms with E-state index in [9.17, 15) is 13.2 Å². The number of anilines is 1. The quantitative estimate of drug-likeness (QED) is 0.896. The number of hydrogen-bond donors (Lipinski definition) is 1.